The first-order valence-corrected chi connectivity index (χ1v) is 10.5. The summed E-state index contributed by atoms with van der Waals surface area (Å²) in [6, 6.07) is 11.9. The van der Waals surface area contributed by atoms with Crippen molar-refractivity contribution in [2.75, 3.05) is 19.8 Å². The van der Waals surface area contributed by atoms with Gasteiger partial charge >= 0.3 is 0 Å². The predicted molar refractivity (Wildman–Crippen MR) is 116 cm³/mol. The molecule has 0 bridgehead atoms. The Hall–Kier alpha value is -2.21. The van der Waals surface area contributed by atoms with Gasteiger partial charge in [-0.3, -0.25) is 9.79 Å². The summed E-state index contributed by atoms with van der Waals surface area (Å²) in [5.41, 5.74) is 3.63. The van der Waals surface area contributed by atoms with Gasteiger partial charge in [-0.25, -0.2) is 0 Å². The van der Waals surface area contributed by atoms with Gasteiger partial charge in [-0.05, 0) is 56.2 Å². The van der Waals surface area contributed by atoms with E-state index in [-0.39, 0.29) is 5.56 Å². The Balaban J connectivity index is 1.75. The van der Waals surface area contributed by atoms with Crippen LogP contribution in [0.4, 0.5) is 0 Å². The topological polar surface area (TPSA) is 58.4 Å². The molecule has 1 aromatic carbocycles. The quantitative estimate of drug-likeness (QED) is 0.316. The third kappa shape index (κ3) is 6.47. The molecule has 0 atom stereocenters. The zero-order valence-corrected chi connectivity index (χ0v) is 17.5. The highest BCUT2D eigenvalue weighted by molar-refractivity contribution is 7.98. The van der Waals surface area contributed by atoms with Gasteiger partial charge in [0.25, 0.3) is 5.56 Å². The monoisotopic (exact) mass is 386 g/mol. The number of aliphatic imine (C=N–C) groups is 1. The number of aromatic nitrogens is 1. The summed E-state index contributed by atoms with van der Waals surface area (Å²) in [5.74, 6) is 0.802. The number of benzene rings is 1. The van der Waals surface area contributed by atoms with Gasteiger partial charge in [0.15, 0.2) is 5.96 Å². The summed E-state index contributed by atoms with van der Waals surface area (Å²) in [7, 11) is 1.78. The second kappa shape index (κ2) is 10.8. The molecule has 0 saturated carbocycles. The van der Waals surface area contributed by atoms with Crippen molar-refractivity contribution in [2.24, 2.45) is 4.99 Å². The van der Waals surface area contributed by atoms with Crippen LogP contribution in [0.3, 0.4) is 0 Å². The minimum atomic E-state index is 0.0723. The lowest BCUT2D eigenvalue weighted by Gasteiger charge is -2.14. The summed E-state index contributed by atoms with van der Waals surface area (Å²) in [5, 5.41) is 6.73. The van der Waals surface area contributed by atoms with Crippen molar-refractivity contribution < 1.29 is 0 Å². The molecule has 27 heavy (non-hydrogen) atoms. The molecule has 2 rings (SSSR count). The van der Waals surface area contributed by atoms with Gasteiger partial charge in [-0.2, -0.15) is 0 Å². The fourth-order valence-electron chi connectivity index (χ4n) is 2.91. The first kappa shape index (κ1) is 21.1. The van der Waals surface area contributed by atoms with E-state index in [9.17, 15) is 4.79 Å². The van der Waals surface area contributed by atoms with Crippen molar-refractivity contribution in [2.45, 2.75) is 44.7 Å². The van der Waals surface area contributed by atoms with Gasteiger partial charge in [0.05, 0.1) is 0 Å². The molecule has 0 amide bonds. The maximum absolute atomic E-state index is 11.9. The number of nitrogens with zero attached hydrogens (tertiary/aromatic N) is 2. The highest BCUT2D eigenvalue weighted by Gasteiger charge is 2.04. The fourth-order valence-corrected chi connectivity index (χ4v) is 3.62. The molecule has 0 saturated heterocycles. The summed E-state index contributed by atoms with van der Waals surface area (Å²) in [4.78, 5) is 17.5. The number of nitrogens with one attached hydrogen (secondary N) is 2. The van der Waals surface area contributed by atoms with Crippen LogP contribution in [0.2, 0.25) is 0 Å². The summed E-state index contributed by atoms with van der Waals surface area (Å²) < 4.78 is 1.83. The van der Waals surface area contributed by atoms with Crippen LogP contribution in [0, 0.1) is 13.8 Å². The van der Waals surface area contributed by atoms with Gasteiger partial charge in [-0.15, -0.1) is 11.8 Å². The van der Waals surface area contributed by atoms with E-state index in [0.29, 0.717) is 0 Å². The predicted octanol–water partition coefficient (Wildman–Crippen LogP) is 3.33. The third-order valence-corrected chi connectivity index (χ3v) is 5.30. The first-order valence-electron chi connectivity index (χ1n) is 9.29. The Bertz CT molecular complexity index is 829. The minimum Gasteiger partial charge on any atom is -0.356 e. The normalized spacial score (nSPS) is 11.5. The maximum atomic E-state index is 11.9. The molecule has 0 spiro atoms. The number of rotatable bonds is 8. The largest absolute Gasteiger partial charge is 0.356 e. The van der Waals surface area contributed by atoms with E-state index < -0.39 is 0 Å². The average Bonchev–Trinajstić information content (AvgIpc) is 2.66. The molecule has 0 aliphatic rings. The maximum Gasteiger partial charge on any atom is 0.250 e. The lowest BCUT2D eigenvalue weighted by atomic mass is 10.1. The highest BCUT2D eigenvalue weighted by atomic mass is 32.2. The van der Waals surface area contributed by atoms with Gasteiger partial charge in [0.2, 0.25) is 0 Å². The van der Waals surface area contributed by atoms with Crippen LogP contribution >= 0.6 is 11.8 Å². The van der Waals surface area contributed by atoms with E-state index in [1.165, 1.54) is 16.0 Å². The fraction of sp³-hybridized carbons (Fsp3) is 0.429. The molecule has 0 radical (unpaired) electrons. The van der Waals surface area contributed by atoms with E-state index in [4.69, 9.17) is 0 Å². The number of aryl methyl sites for hydroxylation is 2. The van der Waals surface area contributed by atoms with E-state index in [0.717, 1.165) is 44.1 Å². The summed E-state index contributed by atoms with van der Waals surface area (Å²) in [6.45, 7) is 6.40. The molecule has 6 heteroatoms. The minimum absolute atomic E-state index is 0.0723. The van der Waals surface area contributed by atoms with Gasteiger partial charge in [0, 0.05) is 43.3 Å². The molecule has 0 fully saturated rings. The zero-order valence-electron chi connectivity index (χ0n) is 16.7. The second-order valence-corrected chi connectivity index (χ2v) is 7.38. The molecule has 5 nitrogen and oxygen atoms in total. The van der Waals surface area contributed by atoms with E-state index in [1.54, 1.807) is 24.9 Å². The van der Waals surface area contributed by atoms with Gasteiger partial charge in [0.1, 0.15) is 0 Å². The Morgan fingerprint density at radius 3 is 2.67 bits per heavy atom. The number of thioether (sulfide) groups is 1. The highest BCUT2D eigenvalue weighted by Crippen LogP contribution is 2.21. The van der Waals surface area contributed by atoms with Crippen molar-refractivity contribution in [1.29, 1.82) is 0 Å². The third-order valence-electron chi connectivity index (χ3n) is 4.48. The van der Waals surface area contributed by atoms with E-state index in [2.05, 4.69) is 47.0 Å². The molecular weight excluding hydrogens is 356 g/mol. The van der Waals surface area contributed by atoms with Crippen molar-refractivity contribution in [3.05, 3.63) is 63.6 Å². The molecule has 146 valence electrons. The smallest absolute Gasteiger partial charge is 0.250 e. The first-order chi connectivity index (χ1) is 13.0. The van der Waals surface area contributed by atoms with Crippen LogP contribution in [0.5, 0.6) is 0 Å². The second-order valence-electron chi connectivity index (χ2n) is 6.53. The van der Waals surface area contributed by atoms with E-state index >= 15 is 0 Å². The van der Waals surface area contributed by atoms with Crippen LogP contribution in [-0.2, 0) is 13.1 Å². The number of hydrogen-bond acceptors (Lipinski definition) is 3. The number of unbranched alkanes of at least 4 members (excludes halogenated alkanes) is 1. The Kier molecular flexibility index (Phi) is 8.45. The molecule has 0 aliphatic heterocycles. The van der Waals surface area contributed by atoms with Crippen molar-refractivity contribution >= 4 is 17.7 Å². The van der Waals surface area contributed by atoms with Gasteiger partial charge in [-0.1, -0.05) is 18.2 Å². The lowest BCUT2D eigenvalue weighted by molar-refractivity contribution is 0.575. The number of guanidine groups is 1. The number of pyridine rings is 1. The molecule has 1 aromatic heterocycles. The van der Waals surface area contributed by atoms with Crippen LogP contribution in [0.15, 0.2) is 51.1 Å². The lowest BCUT2D eigenvalue weighted by Crippen LogP contribution is -2.37. The standard InChI is InChI=1S/C21H30N4OS/c1-16-10-11-18(19(14-16)27-4)15-24-21(22-3)23-12-5-6-13-25-17(2)8-7-9-20(25)26/h7-11,14H,5-6,12-13,15H2,1-4H3,(H2,22,23,24). The molecule has 0 unspecified atom stereocenters. The van der Waals surface area contributed by atoms with Crippen molar-refractivity contribution in [1.82, 2.24) is 15.2 Å². The van der Waals surface area contributed by atoms with Crippen molar-refractivity contribution in [3.63, 3.8) is 0 Å². The molecule has 2 aromatic rings. The van der Waals surface area contributed by atoms with Crippen molar-refractivity contribution in [3.8, 4) is 0 Å². The summed E-state index contributed by atoms with van der Waals surface area (Å²) in [6.07, 6.45) is 4.02. The molecule has 2 N–H and O–H groups in total. The molecule has 0 aliphatic carbocycles. The number of hydrogen-bond donors (Lipinski definition) is 2. The van der Waals surface area contributed by atoms with Crippen LogP contribution in [-0.4, -0.2) is 30.4 Å². The summed E-state index contributed by atoms with van der Waals surface area (Å²) >= 11 is 1.77. The average molecular weight is 387 g/mol. The Morgan fingerprint density at radius 2 is 1.96 bits per heavy atom. The van der Waals surface area contributed by atoms with Gasteiger partial charge < -0.3 is 15.2 Å². The Morgan fingerprint density at radius 1 is 1.15 bits per heavy atom. The Labute approximate surface area is 166 Å². The molecule has 1 heterocycles. The van der Waals surface area contributed by atoms with E-state index in [1.807, 2.05) is 23.6 Å². The molecular formula is C21H30N4OS. The van der Waals surface area contributed by atoms with Crippen LogP contribution < -0.4 is 16.2 Å². The van der Waals surface area contributed by atoms with Crippen LogP contribution in [0.25, 0.3) is 0 Å². The SMILES string of the molecule is CN=C(NCCCCn1c(C)cccc1=O)NCc1ccc(C)cc1SC. The zero-order chi connectivity index (χ0) is 19.6. The van der Waals surface area contributed by atoms with Crippen LogP contribution in [0.1, 0.15) is 29.7 Å².